The van der Waals surface area contributed by atoms with Crippen LogP contribution in [0.4, 0.5) is 24.5 Å². The van der Waals surface area contributed by atoms with Crippen molar-refractivity contribution in [2.75, 3.05) is 42.7 Å². The van der Waals surface area contributed by atoms with Crippen molar-refractivity contribution in [3.63, 3.8) is 0 Å². The first kappa shape index (κ1) is 46.4. The number of nitrogens with zero attached hydrogens (tertiary/aromatic N) is 2. The molecule has 1 amide bonds. The highest BCUT2D eigenvalue weighted by atomic mass is 35.5. The predicted octanol–water partition coefficient (Wildman–Crippen LogP) is 9.43. The normalized spacial score (nSPS) is 17.6. The van der Waals surface area contributed by atoms with E-state index in [-0.39, 0.29) is 17.5 Å². The lowest BCUT2D eigenvalue weighted by Gasteiger charge is -2.36. The number of hydrogen-bond donors (Lipinski definition) is 3. The van der Waals surface area contributed by atoms with Crippen molar-refractivity contribution in [1.29, 1.82) is 0 Å². The molecule has 7 rings (SSSR count). The third-order valence-corrected chi connectivity index (χ3v) is 16.1. The Bertz CT molecular complexity index is 2600. The number of carbonyl (C=O) groups excluding carboxylic acids is 1. The number of aliphatic hydroxyl groups excluding tert-OH is 1. The summed E-state index contributed by atoms with van der Waals surface area (Å²) in [7, 11) is -8.95. The molecule has 2 fully saturated rings. The average Bonchev–Trinajstić information content (AvgIpc) is 3.68. The van der Waals surface area contributed by atoms with Crippen LogP contribution in [0.5, 0.6) is 0 Å². The monoisotopic (exact) mass is 940 g/mol. The van der Waals surface area contributed by atoms with Crippen LogP contribution in [0, 0.1) is 5.92 Å². The topological polar surface area (TPSA) is 136 Å². The summed E-state index contributed by atoms with van der Waals surface area (Å²) >= 11 is 7.56. The second kappa shape index (κ2) is 19.7. The van der Waals surface area contributed by atoms with Crippen LogP contribution in [0.3, 0.4) is 0 Å². The molecule has 0 radical (unpaired) electrons. The van der Waals surface area contributed by atoms with E-state index in [1.54, 1.807) is 12.1 Å². The highest BCUT2D eigenvalue weighted by Gasteiger charge is 2.48. The van der Waals surface area contributed by atoms with Gasteiger partial charge in [-0.25, -0.2) is 21.6 Å². The molecule has 17 heteroatoms. The summed E-state index contributed by atoms with van der Waals surface area (Å²) in [6.45, 7) is 2.08. The molecule has 0 saturated carbocycles. The molecule has 2 unspecified atom stereocenters. The summed E-state index contributed by atoms with van der Waals surface area (Å²) in [4.78, 5) is 16.4. The minimum atomic E-state index is -6.05. The van der Waals surface area contributed by atoms with E-state index in [0.717, 1.165) is 58.8 Å². The van der Waals surface area contributed by atoms with Crippen LogP contribution in [0.25, 0.3) is 11.1 Å². The van der Waals surface area contributed by atoms with Crippen LogP contribution < -0.4 is 14.9 Å². The SMILES string of the molecule is CN1CCC[C@H]1CC(CSc1ccccc1)Nc1ccc(S(=O)(=O)NC(=O)c2ccc(N3CCC(C(O)c4ccccc4-c4ccc(Cl)cc4)CC3)cc2)cc1S(=O)(=O)C(F)(F)F. The summed E-state index contributed by atoms with van der Waals surface area (Å²) in [6.07, 6.45) is 2.98. The summed E-state index contributed by atoms with van der Waals surface area (Å²) in [5.74, 6) is -0.680. The van der Waals surface area contributed by atoms with Crippen molar-refractivity contribution >= 4 is 60.5 Å². The summed E-state index contributed by atoms with van der Waals surface area (Å²) < 4.78 is 97.5. The third kappa shape index (κ3) is 11.0. The van der Waals surface area contributed by atoms with Gasteiger partial charge in [-0.05, 0) is 135 Å². The first-order valence-corrected chi connectivity index (χ1v) is 24.9. The fraction of sp³-hybridized carbons (Fsp3) is 0.326. The molecular weight excluding hydrogens is 893 g/mol. The molecule has 2 heterocycles. The second-order valence-corrected chi connectivity index (χ2v) is 21.1. The Hall–Kier alpha value is -4.58. The molecule has 63 heavy (non-hydrogen) atoms. The molecule has 5 aromatic carbocycles. The maximum absolute atomic E-state index is 14.2. The largest absolute Gasteiger partial charge is 0.501 e. The van der Waals surface area contributed by atoms with Crippen LogP contribution in [-0.2, 0) is 19.9 Å². The number of amides is 1. The highest BCUT2D eigenvalue weighted by Crippen LogP contribution is 2.39. The summed E-state index contributed by atoms with van der Waals surface area (Å²) in [5, 5.41) is 15.1. The van der Waals surface area contributed by atoms with E-state index in [1.807, 2.05) is 90.6 Å². The van der Waals surface area contributed by atoms with Gasteiger partial charge in [-0.2, -0.15) is 13.2 Å². The van der Waals surface area contributed by atoms with Gasteiger partial charge in [0.2, 0.25) is 0 Å². The lowest BCUT2D eigenvalue weighted by molar-refractivity contribution is -0.0435. The molecule has 10 nitrogen and oxygen atoms in total. The zero-order valence-electron chi connectivity index (χ0n) is 34.3. The van der Waals surface area contributed by atoms with Crippen molar-refractivity contribution in [2.24, 2.45) is 5.92 Å². The van der Waals surface area contributed by atoms with Gasteiger partial charge >= 0.3 is 5.51 Å². The number of likely N-dealkylation sites (tertiary alicyclic amines) is 1. The Morgan fingerprint density at radius 1 is 0.857 bits per heavy atom. The van der Waals surface area contributed by atoms with Crippen molar-refractivity contribution < 1.29 is 39.9 Å². The van der Waals surface area contributed by atoms with Crippen molar-refractivity contribution in [1.82, 2.24) is 9.62 Å². The quantitative estimate of drug-likeness (QED) is 0.0872. The van der Waals surface area contributed by atoms with Gasteiger partial charge in [-0.1, -0.05) is 66.2 Å². The van der Waals surface area contributed by atoms with E-state index >= 15 is 0 Å². The molecular formula is C46H48ClF3N4O6S3. The van der Waals surface area contributed by atoms with Crippen LogP contribution in [0.1, 0.15) is 54.1 Å². The Morgan fingerprint density at radius 3 is 2.17 bits per heavy atom. The van der Waals surface area contributed by atoms with Crippen LogP contribution >= 0.6 is 23.4 Å². The molecule has 0 aromatic heterocycles. The van der Waals surface area contributed by atoms with Crippen molar-refractivity contribution in [2.45, 2.75) is 70.5 Å². The van der Waals surface area contributed by atoms with Crippen LogP contribution in [0.15, 0.2) is 136 Å². The Labute approximate surface area is 375 Å². The molecule has 0 spiro atoms. The molecule has 3 N–H and O–H groups in total. The number of alkyl halides is 3. The molecule has 5 aromatic rings. The van der Waals surface area contributed by atoms with Gasteiger partial charge in [0, 0.05) is 52.1 Å². The summed E-state index contributed by atoms with van der Waals surface area (Å²) in [5.41, 5.74) is -2.68. The van der Waals surface area contributed by atoms with Gasteiger partial charge in [0.1, 0.15) is 4.90 Å². The first-order chi connectivity index (χ1) is 30.0. The number of aliphatic hydroxyl groups is 1. The number of rotatable bonds is 15. The molecule has 334 valence electrons. The minimum Gasteiger partial charge on any atom is -0.388 e. The van der Waals surface area contributed by atoms with Crippen molar-refractivity contribution in [3.8, 4) is 11.1 Å². The molecule has 2 aliphatic heterocycles. The fourth-order valence-corrected chi connectivity index (χ4v) is 11.4. The standard InChI is InChI=1S/C46H48ClF3N4O6S3/c1-53-25-7-8-37(53)28-35(30-61-38-9-3-2-4-10-38)51-42-22-21-39(29-43(42)62(57,58)46(48,49)50)63(59,60)52-45(56)33-15-19-36(20-16-33)54-26-23-32(24-27-54)44(55)41-12-6-5-11-40(41)31-13-17-34(47)18-14-31/h2-6,9-22,29,32,35,37,44,51,55H,7-8,23-28,30H2,1H3,(H,52,56)/t35?,37-,44?/m0/s1. The average molecular weight is 942 g/mol. The summed E-state index contributed by atoms with van der Waals surface area (Å²) in [6, 6.07) is 32.8. The number of hydrogen-bond acceptors (Lipinski definition) is 10. The Morgan fingerprint density at radius 2 is 1.52 bits per heavy atom. The number of halogens is 4. The molecule has 0 bridgehead atoms. The lowest BCUT2D eigenvalue weighted by atomic mass is 9.84. The van der Waals surface area contributed by atoms with E-state index in [1.165, 1.54) is 23.9 Å². The van der Waals surface area contributed by atoms with Gasteiger partial charge in [-0.3, -0.25) is 4.79 Å². The van der Waals surface area contributed by atoms with E-state index in [9.17, 15) is 39.9 Å². The number of sulfonamides is 1. The van der Waals surface area contributed by atoms with Gasteiger partial charge in [0.25, 0.3) is 25.8 Å². The second-order valence-electron chi connectivity index (χ2n) is 15.9. The first-order valence-electron chi connectivity index (χ1n) is 20.6. The van der Waals surface area contributed by atoms with E-state index in [0.29, 0.717) is 49.2 Å². The minimum absolute atomic E-state index is 0.0135. The number of carbonyl (C=O) groups is 1. The highest BCUT2D eigenvalue weighted by molar-refractivity contribution is 7.99. The molecule has 0 aliphatic carbocycles. The van der Waals surface area contributed by atoms with Crippen LogP contribution in [-0.4, -0.2) is 82.8 Å². The Kier molecular flexibility index (Phi) is 14.5. The fourth-order valence-electron chi connectivity index (χ4n) is 8.28. The molecule has 2 aliphatic rings. The third-order valence-electron chi connectivity index (χ3n) is 11.8. The molecule has 3 atom stereocenters. The zero-order valence-corrected chi connectivity index (χ0v) is 37.5. The molecule has 2 saturated heterocycles. The van der Waals surface area contributed by atoms with Gasteiger partial charge in [0.05, 0.1) is 16.7 Å². The van der Waals surface area contributed by atoms with Gasteiger partial charge in [0.15, 0.2) is 0 Å². The van der Waals surface area contributed by atoms with Gasteiger partial charge < -0.3 is 20.2 Å². The van der Waals surface area contributed by atoms with E-state index in [4.69, 9.17) is 11.6 Å². The van der Waals surface area contributed by atoms with Crippen LogP contribution in [0.2, 0.25) is 5.02 Å². The maximum Gasteiger partial charge on any atom is 0.501 e. The van der Waals surface area contributed by atoms with E-state index in [2.05, 4.69) is 15.1 Å². The zero-order chi connectivity index (χ0) is 44.9. The van der Waals surface area contributed by atoms with Crippen molar-refractivity contribution in [3.05, 3.63) is 137 Å². The number of nitrogens with one attached hydrogen (secondary N) is 2. The van der Waals surface area contributed by atoms with Gasteiger partial charge in [-0.15, -0.1) is 11.8 Å². The lowest BCUT2D eigenvalue weighted by Crippen LogP contribution is -2.36. The predicted molar refractivity (Wildman–Crippen MR) is 242 cm³/mol. The van der Waals surface area contributed by atoms with E-state index < -0.39 is 58.9 Å². The maximum atomic E-state index is 14.2. The number of thioether (sulfide) groups is 1. The Balaban J connectivity index is 1.03. The number of piperidine rings is 1. The number of benzene rings is 5. The number of anilines is 2. The smallest absolute Gasteiger partial charge is 0.388 e. The number of sulfone groups is 1.